The molecule has 0 radical (unpaired) electrons. The van der Waals surface area contributed by atoms with Crippen LogP contribution in [0.2, 0.25) is 0 Å². The molecule has 0 saturated carbocycles. The lowest BCUT2D eigenvalue weighted by Gasteiger charge is -1.31. The van der Waals surface area contributed by atoms with E-state index in [-0.39, 0.29) is 11.0 Å². The van der Waals surface area contributed by atoms with Gasteiger partial charge in [-0.1, -0.05) is 24.3 Å². The van der Waals surface area contributed by atoms with Crippen LogP contribution in [0.1, 0.15) is 27.7 Å². The van der Waals surface area contributed by atoms with Crippen molar-refractivity contribution in [3.05, 3.63) is 50.6 Å². The van der Waals surface area contributed by atoms with Crippen molar-refractivity contribution in [1.82, 2.24) is 0 Å². The van der Waals surface area contributed by atoms with Crippen LogP contribution >= 0.6 is 0 Å². The standard InChI is InChI=1S/4C3H6.H4Si/c4*1-3-2;/h4*3H,1H2,2H3;1H4. The maximum absolute atomic E-state index is 3.36. The quantitative estimate of drug-likeness (QED) is 0.416. The Hall–Kier alpha value is -0.823. The van der Waals surface area contributed by atoms with Gasteiger partial charge in [-0.2, -0.15) is 0 Å². The van der Waals surface area contributed by atoms with Crippen molar-refractivity contribution < 1.29 is 0 Å². The third-order valence-corrected chi connectivity index (χ3v) is 0. The highest BCUT2D eigenvalue weighted by atomic mass is 28.1. The molecule has 0 nitrogen and oxygen atoms in total. The Morgan fingerprint density at radius 3 is 0.538 bits per heavy atom. The van der Waals surface area contributed by atoms with Crippen LogP contribution in [0.3, 0.4) is 0 Å². The molecule has 0 heterocycles. The molecular formula is C12H28Si. The molecule has 0 aliphatic heterocycles. The van der Waals surface area contributed by atoms with Gasteiger partial charge in [0.25, 0.3) is 0 Å². The molecule has 0 saturated heterocycles. The van der Waals surface area contributed by atoms with Crippen molar-refractivity contribution in [2.45, 2.75) is 27.7 Å². The molecule has 80 valence electrons. The van der Waals surface area contributed by atoms with E-state index in [2.05, 4.69) is 26.3 Å². The summed E-state index contributed by atoms with van der Waals surface area (Å²) in [6.07, 6.45) is 7.00. The minimum absolute atomic E-state index is 0. The zero-order valence-corrected chi connectivity index (χ0v) is 9.14. The summed E-state index contributed by atoms with van der Waals surface area (Å²) in [5.74, 6) is 0. The molecule has 13 heavy (non-hydrogen) atoms. The predicted octanol–water partition coefficient (Wildman–Crippen LogP) is 3.32. The fraction of sp³-hybridized carbons (Fsp3) is 0.333. The summed E-state index contributed by atoms with van der Waals surface area (Å²) in [7, 11) is 0. The summed E-state index contributed by atoms with van der Waals surface area (Å²) in [4.78, 5) is 0. The van der Waals surface area contributed by atoms with Gasteiger partial charge in [0.05, 0.1) is 0 Å². The van der Waals surface area contributed by atoms with E-state index in [1.54, 1.807) is 24.3 Å². The van der Waals surface area contributed by atoms with E-state index in [1.807, 2.05) is 27.7 Å². The summed E-state index contributed by atoms with van der Waals surface area (Å²) in [5, 5.41) is 0. The van der Waals surface area contributed by atoms with E-state index in [0.29, 0.717) is 0 Å². The fourth-order valence-electron chi connectivity index (χ4n) is 0. The van der Waals surface area contributed by atoms with Gasteiger partial charge in [0.15, 0.2) is 0 Å². The third kappa shape index (κ3) is 1390. The molecule has 1 heteroatoms. The van der Waals surface area contributed by atoms with Crippen molar-refractivity contribution in [2.75, 3.05) is 0 Å². The monoisotopic (exact) mass is 200 g/mol. The van der Waals surface area contributed by atoms with Gasteiger partial charge >= 0.3 is 0 Å². The van der Waals surface area contributed by atoms with Gasteiger partial charge in [0, 0.05) is 0 Å². The SMILES string of the molecule is C=CC.C=CC.C=CC.C=CC.[SiH4]. The molecule has 0 rings (SSSR count). The van der Waals surface area contributed by atoms with E-state index >= 15 is 0 Å². The van der Waals surface area contributed by atoms with Gasteiger partial charge < -0.3 is 0 Å². The smallest absolute Gasteiger partial charge is 0.0149 e. The van der Waals surface area contributed by atoms with Crippen LogP contribution in [0.25, 0.3) is 0 Å². The molecule has 0 aromatic carbocycles. The lowest BCUT2D eigenvalue weighted by atomic mass is 10.8. The van der Waals surface area contributed by atoms with E-state index in [1.165, 1.54) is 0 Å². The van der Waals surface area contributed by atoms with E-state index < -0.39 is 0 Å². The summed E-state index contributed by atoms with van der Waals surface area (Å²) >= 11 is 0. The summed E-state index contributed by atoms with van der Waals surface area (Å²) in [5.41, 5.74) is 0. The number of rotatable bonds is 0. The maximum atomic E-state index is 3.36. The van der Waals surface area contributed by atoms with E-state index in [0.717, 1.165) is 0 Å². The van der Waals surface area contributed by atoms with Crippen LogP contribution in [0.5, 0.6) is 0 Å². The Morgan fingerprint density at radius 1 is 0.538 bits per heavy atom. The number of hydrogen-bond acceptors (Lipinski definition) is 0. The van der Waals surface area contributed by atoms with Crippen molar-refractivity contribution in [3.8, 4) is 0 Å². The first-order chi connectivity index (χ1) is 5.66. The minimum atomic E-state index is 0. The van der Waals surface area contributed by atoms with E-state index in [4.69, 9.17) is 0 Å². The second-order valence-electron chi connectivity index (χ2n) is 1.63. The zero-order chi connectivity index (χ0) is 10.8. The van der Waals surface area contributed by atoms with Crippen molar-refractivity contribution >= 4 is 11.0 Å². The zero-order valence-electron chi connectivity index (χ0n) is 9.14. The molecule has 0 aromatic rings. The van der Waals surface area contributed by atoms with E-state index in [9.17, 15) is 0 Å². The second kappa shape index (κ2) is 115. The Balaban J connectivity index is -0.0000000213. The summed E-state index contributed by atoms with van der Waals surface area (Å²) in [6.45, 7) is 21.0. The summed E-state index contributed by atoms with van der Waals surface area (Å²) in [6, 6.07) is 0. The highest BCUT2D eigenvalue weighted by molar-refractivity contribution is 5.75. The molecule has 0 spiro atoms. The number of hydrogen-bond donors (Lipinski definition) is 0. The summed E-state index contributed by atoms with van der Waals surface area (Å²) < 4.78 is 0. The molecule has 0 N–H and O–H groups in total. The molecule has 0 aliphatic rings. The molecule has 0 aliphatic carbocycles. The molecular weight excluding hydrogens is 172 g/mol. The molecule has 0 aromatic heterocycles. The molecule has 0 atom stereocenters. The Bertz CT molecular complexity index is 59.1. The third-order valence-electron chi connectivity index (χ3n) is 0. The van der Waals surface area contributed by atoms with Gasteiger partial charge in [0.1, 0.15) is 0 Å². The van der Waals surface area contributed by atoms with Crippen LogP contribution < -0.4 is 0 Å². The van der Waals surface area contributed by atoms with Crippen molar-refractivity contribution in [2.24, 2.45) is 0 Å². The highest BCUT2D eigenvalue weighted by Gasteiger charge is 1.15. The molecule has 0 bridgehead atoms. The lowest BCUT2D eigenvalue weighted by molar-refractivity contribution is 1.80. The van der Waals surface area contributed by atoms with Gasteiger partial charge in [-0.15, -0.1) is 26.3 Å². The lowest BCUT2D eigenvalue weighted by Crippen LogP contribution is -1.07. The molecule has 0 fully saturated rings. The fourth-order valence-corrected chi connectivity index (χ4v) is 0. The van der Waals surface area contributed by atoms with Crippen LogP contribution in [-0.4, -0.2) is 11.0 Å². The maximum Gasteiger partial charge on any atom is -0.0149 e. The first-order valence-corrected chi connectivity index (χ1v) is 3.94. The van der Waals surface area contributed by atoms with Gasteiger partial charge in [-0.25, -0.2) is 0 Å². The second-order valence-corrected chi connectivity index (χ2v) is 1.63. The van der Waals surface area contributed by atoms with Crippen LogP contribution in [0, 0.1) is 0 Å². The largest absolute Gasteiger partial charge is 0.103 e. The predicted molar refractivity (Wildman–Crippen MR) is 74.8 cm³/mol. The minimum Gasteiger partial charge on any atom is -0.103 e. The topological polar surface area (TPSA) is 0 Å². The van der Waals surface area contributed by atoms with Crippen molar-refractivity contribution in [1.29, 1.82) is 0 Å². The van der Waals surface area contributed by atoms with Gasteiger partial charge in [-0.3, -0.25) is 0 Å². The Labute approximate surface area is 89.8 Å². The Kier molecular flexibility index (Phi) is 261. The van der Waals surface area contributed by atoms with Crippen molar-refractivity contribution in [3.63, 3.8) is 0 Å². The molecule has 0 unspecified atom stereocenters. The average molecular weight is 200 g/mol. The van der Waals surface area contributed by atoms with Crippen LogP contribution in [0.15, 0.2) is 50.6 Å². The highest BCUT2D eigenvalue weighted by Crippen LogP contribution is 1.39. The Morgan fingerprint density at radius 2 is 0.538 bits per heavy atom. The molecule has 0 amide bonds. The first kappa shape index (κ1) is 29.5. The van der Waals surface area contributed by atoms with Crippen LogP contribution in [0.4, 0.5) is 0 Å². The van der Waals surface area contributed by atoms with Gasteiger partial charge in [-0.05, 0) is 38.7 Å². The number of allylic oxidation sites excluding steroid dienone is 4. The average Bonchev–Trinajstić information content (AvgIpc) is 1.92. The van der Waals surface area contributed by atoms with Gasteiger partial charge in [0.2, 0.25) is 0 Å². The normalized spacial score (nSPS) is 4.00. The van der Waals surface area contributed by atoms with Crippen LogP contribution in [-0.2, 0) is 0 Å². The first-order valence-electron chi connectivity index (χ1n) is 3.94.